The molecule has 0 spiro atoms. The van der Waals surface area contributed by atoms with E-state index in [0.717, 1.165) is 31.9 Å². The second-order valence-electron chi connectivity index (χ2n) is 6.04. The van der Waals surface area contributed by atoms with Crippen LogP contribution in [0.1, 0.15) is 30.1 Å². The molecule has 2 aromatic rings. The van der Waals surface area contributed by atoms with Gasteiger partial charge in [0.15, 0.2) is 5.82 Å². The van der Waals surface area contributed by atoms with Crippen LogP contribution in [0.25, 0.3) is 0 Å². The third-order valence-electron chi connectivity index (χ3n) is 4.46. The molecule has 2 amide bonds. The standard InChI is InChI=1S/C16H24N6OS/c1-3-21-11-19-20-15(21)9-18-16(23)17-8-12(2)22-6-4-14-13(10-22)5-7-24-14/h5,7,11-12H,3-4,6,8-10H2,1-2H3,(H2,17,18,23)/t12-/m1/s1. The van der Waals surface area contributed by atoms with E-state index in [0.29, 0.717) is 19.1 Å². The Morgan fingerprint density at radius 3 is 3.17 bits per heavy atom. The summed E-state index contributed by atoms with van der Waals surface area (Å²) >= 11 is 1.85. The summed E-state index contributed by atoms with van der Waals surface area (Å²) in [5.74, 6) is 0.765. The van der Waals surface area contributed by atoms with Crippen molar-refractivity contribution in [2.24, 2.45) is 0 Å². The van der Waals surface area contributed by atoms with Crippen molar-refractivity contribution >= 4 is 17.4 Å². The van der Waals surface area contributed by atoms with Crippen molar-refractivity contribution in [2.45, 2.75) is 45.9 Å². The number of fused-ring (bicyclic) bond motifs is 1. The molecule has 0 saturated heterocycles. The fourth-order valence-corrected chi connectivity index (χ4v) is 3.81. The van der Waals surface area contributed by atoms with E-state index in [9.17, 15) is 4.79 Å². The van der Waals surface area contributed by atoms with Gasteiger partial charge in [-0.05, 0) is 37.3 Å². The topological polar surface area (TPSA) is 75.1 Å². The summed E-state index contributed by atoms with van der Waals surface area (Å²) in [6.07, 6.45) is 2.78. The fourth-order valence-electron chi connectivity index (χ4n) is 2.92. The summed E-state index contributed by atoms with van der Waals surface area (Å²) in [6, 6.07) is 2.35. The summed E-state index contributed by atoms with van der Waals surface area (Å²) in [4.78, 5) is 15.9. The summed E-state index contributed by atoms with van der Waals surface area (Å²) in [6.45, 7) is 8.02. The lowest BCUT2D eigenvalue weighted by atomic mass is 10.1. The van der Waals surface area contributed by atoms with Crippen LogP contribution in [0.15, 0.2) is 17.8 Å². The number of thiophene rings is 1. The molecule has 0 unspecified atom stereocenters. The van der Waals surface area contributed by atoms with Crippen molar-refractivity contribution in [3.63, 3.8) is 0 Å². The van der Waals surface area contributed by atoms with Gasteiger partial charge in [0.05, 0.1) is 6.54 Å². The zero-order valence-electron chi connectivity index (χ0n) is 14.2. The minimum atomic E-state index is -0.166. The van der Waals surface area contributed by atoms with E-state index in [1.807, 2.05) is 22.8 Å². The number of hydrogen-bond donors (Lipinski definition) is 2. The van der Waals surface area contributed by atoms with Gasteiger partial charge in [0, 0.05) is 37.1 Å². The zero-order valence-corrected chi connectivity index (χ0v) is 15.0. The van der Waals surface area contributed by atoms with Crippen LogP contribution in [0.5, 0.6) is 0 Å². The number of rotatable bonds is 6. The summed E-state index contributed by atoms with van der Waals surface area (Å²) in [7, 11) is 0. The Bertz CT molecular complexity index is 682. The van der Waals surface area contributed by atoms with E-state index < -0.39 is 0 Å². The molecule has 130 valence electrons. The van der Waals surface area contributed by atoms with E-state index in [1.54, 1.807) is 6.33 Å². The van der Waals surface area contributed by atoms with E-state index in [2.05, 4.69) is 44.1 Å². The highest BCUT2D eigenvalue weighted by atomic mass is 32.1. The SMILES string of the molecule is CCn1cnnc1CNC(=O)NC[C@@H](C)N1CCc2sccc2C1. The van der Waals surface area contributed by atoms with Crippen molar-refractivity contribution in [1.29, 1.82) is 0 Å². The van der Waals surface area contributed by atoms with Crippen molar-refractivity contribution in [3.05, 3.63) is 34.0 Å². The second kappa shape index (κ2) is 7.76. The number of urea groups is 1. The number of aromatic nitrogens is 3. The Hall–Kier alpha value is -1.93. The van der Waals surface area contributed by atoms with Crippen LogP contribution < -0.4 is 10.6 Å². The summed E-state index contributed by atoms with van der Waals surface area (Å²) in [5.41, 5.74) is 1.43. The van der Waals surface area contributed by atoms with E-state index >= 15 is 0 Å². The van der Waals surface area contributed by atoms with Gasteiger partial charge in [-0.15, -0.1) is 21.5 Å². The van der Waals surface area contributed by atoms with Gasteiger partial charge in [-0.1, -0.05) is 0 Å². The molecule has 1 aliphatic heterocycles. The molecule has 2 N–H and O–H groups in total. The number of carbonyl (C=O) groups excluding carboxylic acids is 1. The number of nitrogens with one attached hydrogen (secondary N) is 2. The normalized spacial score (nSPS) is 15.8. The fraction of sp³-hybridized carbons (Fsp3) is 0.562. The number of hydrogen-bond acceptors (Lipinski definition) is 5. The maximum Gasteiger partial charge on any atom is 0.315 e. The van der Waals surface area contributed by atoms with Crippen LogP contribution in [-0.2, 0) is 26.1 Å². The number of amides is 2. The van der Waals surface area contributed by atoms with E-state index in [-0.39, 0.29) is 6.03 Å². The predicted molar refractivity (Wildman–Crippen MR) is 93.8 cm³/mol. The molecule has 8 heteroatoms. The van der Waals surface area contributed by atoms with Crippen LogP contribution >= 0.6 is 11.3 Å². The van der Waals surface area contributed by atoms with Gasteiger partial charge in [-0.2, -0.15) is 0 Å². The third-order valence-corrected chi connectivity index (χ3v) is 5.49. The Kier molecular flexibility index (Phi) is 5.47. The molecule has 1 aliphatic rings. The Morgan fingerprint density at radius 1 is 1.46 bits per heavy atom. The number of carbonyl (C=O) groups is 1. The second-order valence-corrected chi connectivity index (χ2v) is 7.04. The molecule has 1 atom stereocenters. The van der Waals surface area contributed by atoms with Gasteiger partial charge in [-0.3, -0.25) is 4.90 Å². The van der Waals surface area contributed by atoms with Gasteiger partial charge in [0.2, 0.25) is 0 Å². The molecule has 0 radical (unpaired) electrons. The molecule has 0 fully saturated rings. The highest BCUT2D eigenvalue weighted by Gasteiger charge is 2.21. The maximum absolute atomic E-state index is 12.0. The van der Waals surface area contributed by atoms with Crippen molar-refractivity contribution in [1.82, 2.24) is 30.3 Å². The molecule has 2 aromatic heterocycles. The van der Waals surface area contributed by atoms with Crippen molar-refractivity contribution in [2.75, 3.05) is 13.1 Å². The van der Waals surface area contributed by atoms with Gasteiger partial charge < -0.3 is 15.2 Å². The molecule has 3 heterocycles. The Balaban J connectivity index is 1.41. The molecule has 0 aromatic carbocycles. The number of aryl methyl sites for hydroxylation is 1. The molecule has 0 saturated carbocycles. The first-order valence-electron chi connectivity index (χ1n) is 8.35. The molecule has 3 rings (SSSR count). The molecule has 0 bridgehead atoms. The molecular weight excluding hydrogens is 324 g/mol. The first-order valence-corrected chi connectivity index (χ1v) is 9.23. The van der Waals surface area contributed by atoms with Gasteiger partial charge in [0.1, 0.15) is 6.33 Å². The summed E-state index contributed by atoms with van der Waals surface area (Å²) < 4.78 is 1.91. The third kappa shape index (κ3) is 3.93. The monoisotopic (exact) mass is 348 g/mol. The van der Waals surface area contributed by atoms with Gasteiger partial charge in [0.25, 0.3) is 0 Å². The van der Waals surface area contributed by atoms with E-state index in [4.69, 9.17) is 0 Å². The smallest absolute Gasteiger partial charge is 0.315 e. The minimum Gasteiger partial charge on any atom is -0.337 e. The predicted octanol–water partition coefficient (Wildman–Crippen LogP) is 1.61. The number of nitrogens with zero attached hydrogens (tertiary/aromatic N) is 4. The Morgan fingerprint density at radius 2 is 2.33 bits per heavy atom. The Labute approximate surface area is 146 Å². The van der Waals surface area contributed by atoms with Crippen LogP contribution in [0.3, 0.4) is 0 Å². The lowest BCUT2D eigenvalue weighted by Gasteiger charge is -2.32. The van der Waals surface area contributed by atoms with Crippen molar-refractivity contribution in [3.8, 4) is 0 Å². The maximum atomic E-state index is 12.0. The molecular formula is C16H24N6OS. The highest BCUT2D eigenvalue weighted by Crippen LogP contribution is 2.24. The zero-order chi connectivity index (χ0) is 16.9. The van der Waals surface area contributed by atoms with Gasteiger partial charge >= 0.3 is 6.03 Å². The molecule has 24 heavy (non-hydrogen) atoms. The summed E-state index contributed by atoms with van der Waals surface area (Å²) in [5, 5.41) is 15.8. The van der Waals surface area contributed by atoms with Crippen LogP contribution in [0, 0.1) is 0 Å². The lowest BCUT2D eigenvalue weighted by Crippen LogP contribution is -2.46. The first kappa shape index (κ1) is 16.9. The van der Waals surface area contributed by atoms with E-state index in [1.165, 1.54) is 10.4 Å². The average Bonchev–Trinajstić information content (AvgIpc) is 3.25. The molecule has 0 aliphatic carbocycles. The highest BCUT2D eigenvalue weighted by molar-refractivity contribution is 7.10. The van der Waals surface area contributed by atoms with Crippen LogP contribution in [0.2, 0.25) is 0 Å². The molecule has 7 nitrogen and oxygen atoms in total. The lowest BCUT2D eigenvalue weighted by molar-refractivity contribution is 0.186. The largest absolute Gasteiger partial charge is 0.337 e. The minimum absolute atomic E-state index is 0.166. The first-order chi connectivity index (χ1) is 11.7. The van der Waals surface area contributed by atoms with Crippen molar-refractivity contribution < 1.29 is 4.79 Å². The van der Waals surface area contributed by atoms with Gasteiger partial charge in [-0.25, -0.2) is 4.79 Å². The van der Waals surface area contributed by atoms with Crippen LogP contribution in [-0.4, -0.2) is 44.8 Å². The van der Waals surface area contributed by atoms with Crippen LogP contribution in [0.4, 0.5) is 4.79 Å². The average molecular weight is 348 g/mol. The quantitative estimate of drug-likeness (QED) is 0.832.